The van der Waals surface area contributed by atoms with Crippen molar-refractivity contribution in [3.05, 3.63) is 64.6 Å². The van der Waals surface area contributed by atoms with Gasteiger partial charge in [0.15, 0.2) is 11.6 Å². The van der Waals surface area contributed by atoms with Crippen LogP contribution < -0.4 is 4.74 Å². The number of rotatable bonds is 5. The molecule has 0 amide bonds. The minimum absolute atomic E-state index is 0.0405. The van der Waals surface area contributed by atoms with E-state index in [1.165, 1.54) is 17.7 Å². The number of carbonyl (C=O) groups excluding carboxylic acids is 1. The van der Waals surface area contributed by atoms with Crippen LogP contribution in [0.25, 0.3) is 10.9 Å². The van der Waals surface area contributed by atoms with E-state index in [1.54, 1.807) is 6.92 Å². The molecule has 0 aliphatic heterocycles. The smallest absolute Gasteiger partial charge is 0.416 e. The molecule has 1 saturated carbocycles. The maximum absolute atomic E-state index is 14.6. The Morgan fingerprint density at radius 2 is 1.79 bits per heavy atom. The van der Waals surface area contributed by atoms with Gasteiger partial charge in [-0.2, -0.15) is 13.2 Å². The summed E-state index contributed by atoms with van der Waals surface area (Å²) in [6, 6.07) is 6.16. The molecular formula is C24H21F4NO4. The Labute approximate surface area is 186 Å². The molecule has 1 unspecified atom stereocenters. The third kappa shape index (κ3) is 3.85. The molecule has 9 heteroatoms. The number of carboxylic acid groups (broad SMARTS) is 1. The molecule has 2 aromatic carbocycles. The van der Waals surface area contributed by atoms with Gasteiger partial charge in [-0.3, -0.25) is 14.2 Å². The topological polar surface area (TPSA) is 68.5 Å². The number of ether oxygens (including phenoxy) is 1. The number of carbonyl (C=O) groups is 2. The van der Waals surface area contributed by atoms with E-state index < -0.39 is 35.4 Å². The minimum atomic E-state index is -4.55. The zero-order chi connectivity index (χ0) is 24.1. The summed E-state index contributed by atoms with van der Waals surface area (Å²) < 4.78 is 59.6. The number of carboxylic acids is 1. The third-order valence-electron chi connectivity index (χ3n) is 6.39. The van der Waals surface area contributed by atoms with Crippen LogP contribution in [0.1, 0.15) is 52.4 Å². The molecule has 1 aliphatic rings. The fourth-order valence-electron chi connectivity index (χ4n) is 4.52. The number of methoxy groups -OCH3 is 1. The Morgan fingerprint density at radius 3 is 2.27 bits per heavy atom. The predicted molar refractivity (Wildman–Crippen MR) is 112 cm³/mol. The minimum Gasteiger partial charge on any atom is -0.494 e. The van der Waals surface area contributed by atoms with Gasteiger partial charge in [0.1, 0.15) is 0 Å². The van der Waals surface area contributed by atoms with E-state index in [2.05, 4.69) is 0 Å². The molecule has 1 aliphatic carbocycles. The number of aliphatic carboxylic acids is 1. The Morgan fingerprint density at radius 1 is 1.15 bits per heavy atom. The monoisotopic (exact) mass is 463 g/mol. The van der Waals surface area contributed by atoms with Crippen molar-refractivity contribution in [2.24, 2.45) is 5.92 Å². The number of benzene rings is 2. The summed E-state index contributed by atoms with van der Waals surface area (Å²) in [5.74, 6) is -3.60. The van der Waals surface area contributed by atoms with Crippen LogP contribution >= 0.6 is 0 Å². The fraction of sp³-hybridized carbons (Fsp3) is 0.333. The van der Waals surface area contributed by atoms with Crippen molar-refractivity contribution < 1.29 is 37.0 Å². The molecule has 174 valence electrons. The van der Waals surface area contributed by atoms with E-state index in [0.717, 1.165) is 36.8 Å². The number of hydrogen-bond donors (Lipinski definition) is 1. The van der Waals surface area contributed by atoms with Crippen LogP contribution in [0.3, 0.4) is 0 Å². The van der Waals surface area contributed by atoms with Crippen molar-refractivity contribution in [2.75, 3.05) is 7.11 Å². The first-order chi connectivity index (χ1) is 15.5. The highest BCUT2D eigenvalue weighted by Crippen LogP contribution is 2.45. The lowest BCUT2D eigenvalue weighted by Gasteiger charge is -2.31. The zero-order valence-electron chi connectivity index (χ0n) is 17.9. The molecule has 1 fully saturated rings. The molecule has 1 aromatic heterocycles. The van der Waals surface area contributed by atoms with Gasteiger partial charge in [-0.25, -0.2) is 4.39 Å². The lowest BCUT2D eigenvalue weighted by molar-refractivity contribution is -0.141. The van der Waals surface area contributed by atoms with Gasteiger partial charge in [-0.15, -0.1) is 0 Å². The first-order valence-corrected chi connectivity index (χ1v) is 10.4. The first-order valence-electron chi connectivity index (χ1n) is 10.4. The molecule has 4 rings (SSSR count). The number of hydrogen-bond acceptors (Lipinski definition) is 3. The van der Waals surface area contributed by atoms with Gasteiger partial charge in [-0.05, 0) is 61.6 Å². The van der Waals surface area contributed by atoms with Crippen LogP contribution in [-0.2, 0) is 11.0 Å². The molecule has 1 N–H and O–H groups in total. The summed E-state index contributed by atoms with van der Waals surface area (Å²) in [5, 5.41) is 10.4. The van der Waals surface area contributed by atoms with Gasteiger partial charge in [0, 0.05) is 22.7 Å². The Kier molecular flexibility index (Phi) is 5.67. The number of alkyl halides is 3. The van der Waals surface area contributed by atoms with Gasteiger partial charge in [0.25, 0.3) is 5.91 Å². The molecule has 0 spiro atoms. The van der Waals surface area contributed by atoms with Crippen molar-refractivity contribution in [3.8, 4) is 5.75 Å². The SMILES string of the molecule is COc1cc2c(C(C(=O)O)C3CCC3)c(C)n(C(=O)c3ccc(C(F)(F)F)cc3)c2cc1F. The average Bonchev–Trinajstić information content (AvgIpc) is 2.99. The predicted octanol–water partition coefficient (Wildman–Crippen LogP) is 5.77. The Hall–Kier alpha value is -3.36. The molecule has 1 heterocycles. The van der Waals surface area contributed by atoms with Crippen molar-refractivity contribution in [1.82, 2.24) is 4.57 Å². The second-order valence-electron chi connectivity index (χ2n) is 8.23. The maximum Gasteiger partial charge on any atom is 0.416 e. The molecule has 0 radical (unpaired) electrons. The normalized spacial score (nSPS) is 15.3. The van der Waals surface area contributed by atoms with Crippen molar-refractivity contribution >= 4 is 22.8 Å². The molecule has 3 aromatic rings. The zero-order valence-corrected chi connectivity index (χ0v) is 17.9. The maximum atomic E-state index is 14.6. The standard InChI is InChI=1S/C24H21F4NO4/c1-12-20(21(23(31)32)13-4-3-5-13)16-10-19(33-2)17(25)11-18(16)29(12)22(30)14-6-8-15(9-7-14)24(26,27)28/h6-11,13,21H,3-5H2,1-2H3,(H,31,32). The summed E-state index contributed by atoms with van der Waals surface area (Å²) >= 11 is 0. The third-order valence-corrected chi connectivity index (χ3v) is 6.39. The molecule has 0 bridgehead atoms. The second-order valence-corrected chi connectivity index (χ2v) is 8.23. The number of fused-ring (bicyclic) bond motifs is 1. The van der Waals surface area contributed by atoms with E-state index in [1.807, 2.05) is 0 Å². The lowest BCUT2D eigenvalue weighted by Crippen LogP contribution is -2.27. The van der Waals surface area contributed by atoms with E-state index in [-0.39, 0.29) is 22.7 Å². The van der Waals surface area contributed by atoms with Crippen molar-refractivity contribution in [1.29, 1.82) is 0 Å². The first kappa shape index (κ1) is 22.8. The number of halogens is 4. The van der Waals surface area contributed by atoms with E-state index in [9.17, 15) is 32.3 Å². The molecule has 5 nitrogen and oxygen atoms in total. The summed E-state index contributed by atoms with van der Waals surface area (Å²) in [6.07, 6.45) is -2.22. The molecule has 0 saturated heterocycles. The second kappa shape index (κ2) is 8.20. The molecule has 33 heavy (non-hydrogen) atoms. The van der Waals surface area contributed by atoms with Crippen LogP contribution in [-0.4, -0.2) is 28.7 Å². The van der Waals surface area contributed by atoms with E-state index in [0.29, 0.717) is 29.5 Å². The van der Waals surface area contributed by atoms with Gasteiger partial charge in [0.05, 0.1) is 24.1 Å². The van der Waals surface area contributed by atoms with Crippen molar-refractivity contribution in [2.45, 2.75) is 38.3 Å². The van der Waals surface area contributed by atoms with Crippen molar-refractivity contribution in [3.63, 3.8) is 0 Å². The average molecular weight is 463 g/mol. The largest absolute Gasteiger partial charge is 0.494 e. The Balaban J connectivity index is 1.93. The van der Waals surface area contributed by atoms with Gasteiger partial charge in [-0.1, -0.05) is 6.42 Å². The van der Waals surface area contributed by atoms with Crippen LogP contribution in [0.5, 0.6) is 5.75 Å². The molecular weight excluding hydrogens is 442 g/mol. The summed E-state index contributed by atoms with van der Waals surface area (Å²) in [7, 11) is 1.28. The van der Waals surface area contributed by atoms with Crippen LogP contribution in [0.2, 0.25) is 0 Å². The summed E-state index contributed by atoms with van der Waals surface area (Å²) in [4.78, 5) is 25.6. The number of nitrogens with zero attached hydrogens (tertiary/aromatic N) is 1. The highest BCUT2D eigenvalue weighted by molar-refractivity contribution is 6.05. The quantitative estimate of drug-likeness (QED) is 0.488. The highest BCUT2D eigenvalue weighted by Gasteiger charge is 2.38. The lowest BCUT2D eigenvalue weighted by atomic mass is 9.72. The van der Waals surface area contributed by atoms with Gasteiger partial charge in [0.2, 0.25) is 0 Å². The summed E-state index contributed by atoms with van der Waals surface area (Å²) in [6.45, 7) is 1.57. The van der Waals surface area contributed by atoms with E-state index >= 15 is 0 Å². The van der Waals surface area contributed by atoms with Crippen LogP contribution in [0, 0.1) is 18.7 Å². The van der Waals surface area contributed by atoms with Gasteiger partial charge >= 0.3 is 12.1 Å². The fourth-order valence-corrected chi connectivity index (χ4v) is 4.52. The van der Waals surface area contributed by atoms with Crippen LogP contribution in [0.15, 0.2) is 36.4 Å². The van der Waals surface area contributed by atoms with Gasteiger partial charge < -0.3 is 9.84 Å². The van der Waals surface area contributed by atoms with E-state index in [4.69, 9.17) is 4.74 Å². The molecule has 1 atom stereocenters. The summed E-state index contributed by atoms with van der Waals surface area (Å²) in [5.41, 5.74) is -0.110. The van der Waals surface area contributed by atoms with Crippen LogP contribution in [0.4, 0.5) is 17.6 Å². The Bertz CT molecular complexity index is 1240. The highest BCUT2D eigenvalue weighted by atomic mass is 19.4. The number of aromatic nitrogens is 1.